The number of benzene rings is 7. The molecule has 0 bridgehead atoms. The van der Waals surface area contributed by atoms with Crippen molar-refractivity contribution in [1.29, 1.82) is 0 Å². The maximum absolute atomic E-state index is 6.67. The van der Waals surface area contributed by atoms with E-state index < -0.39 is 0 Å². The highest BCUT2D eigenvalue weighted by Crippen LogP contribution is 2.53. The van der Waals surface area contributed by atoms with Crippen LogP contribution in [0.25, 0.3) is 92.0 Å². The maximum Gasteiger partial charge on any atom is 0.236 e. The van der Waals surface area contributed by atoms with E-state index in [1.165, 1.54) is 61.3 Å². The lowest BCUT2D eigenvalue weighted by Gasteiger charge is -2.21. The van der Waals surface area contributed by atoms with E-state index in [0.29, 0.717) is 11.5 Å². The van der Waals surface area contributed by atoms with Gasteiger partial charge in [-0.25, -0.2) is 9.97 Å². The first-order chi connectivity index (χ1) is 25.3. The van der Waals surface area contributed by atoms with Crippen LogP contribution in [0.5, 0.6) is 0 Å². The molecule has 51 heavy (non-hydrogen) atoms. The smallest absolute Gasteiger partial charge is 0.236 e. The van der Waals surface area contributed by atoms with E-state index in [2.05, 4.69) is 132 Å². The summed E-state index contributed by atoms with van der Waals surface area (Å²) in [7, 11) is 0. The molecule has 11 aromatic rings. The highest BCUT2D eigenvalue weighted by molar-refractivity contribution is 8.05. The summed E-state index contributed by atoms with van der Waals surface area (Å²) in [4.78, 5) is 15.9. The molecule has 0 spiro atoms. The Labute approximate surface area is 303 Å². The molecule has 0 atom stereocenters. The molecule has 0 fully saturated rings. The maximum atomic E-state index is 6.67. The van der Waals surface area contributed by atoms with Gasteiger partial charge in [-0.2, -0.15) is 0 Å². The quantitative estimate of drug-likeness (QED) is 0.179. The Kier molecular flexibility index (Phi) is 5.77. The molecule has 7 aromatic carbocycles. The van der Waals surface area contributed by atoms with E-state index in [-0.39, 0.29) is 0 Å². The molecule has 0 saturated heterocycles. The highest BCUT2D eigenvalue weighted by atomic mass is 32.2. The summed E-state index contributed by atoms with van der Waals surface area (Å²) in [6.07, 6.45) is 0. The van der Waals surface area contributed by atoms with Crippen molar-refractivity contribution in [1.82, 2.24) is 14.5 Å². The van der Waals surface area contributed by atoms with Crippen LogP contribution in [0.4, 0.5) is 0 Å². The predicted octanol–water partition coefficient (Wildman–Crippen LogP) is 13.3. The van der Waals surface area contributed by atoms with Gasteiger partial charge < -0.3 is 4.42 Å². The van der Waals surface area contributed by atoms with Gasteiger partial charge in [0, 0.05) is 66.9 Å². The molecule has 0 amide bonds. The van der Waals surface area contributed by atoms with Gasteiger partial charge in [0.2, 0.25) is 5.95 Å². The normalized spacial score (nSPS) is 12.9. The van der Waals surface area contributed by atoms with E-state index in [9.17, 15) is 0 Å². The number of rotatable bonds is 2. The fourth-order valence-electron chi connectivity index (χ4n) is 7.92. The van der Waals surface area contributed by atoms with Crippen molar-refractivity contribution in [3.05, 3.63) is 140 Å². The van der Waals surface area contributed by atoms with Gasteiger partial charge in [0.15, 0.2) is 5.58 Å². The molecule has 1 aliphatic rings. The monoisotopic (exact) mass is 705 g/mol. The standard InChI is InChI=1S/C44H23N3OS3/c1-2-13-25-24(12-1)36-26-14-3-6-18-30(26)47(40(36)37-28-16-5-8-20-32(28)50-43(25)37)44-45-38-27-15-4-7-19-31(27)48-41(38)39(46-44)29-17-11-23-35-42(29)51-34-22-10-9-21-33(34)49-35/h1-23H. The van der Waals surface area contributed by atoms with Crippen LogP contribution >= 0.6 is 34.9 Å². The molecule has 4 aromatic heterocycles. The fourth-order valence-corrected chi connectivity index (χ4v) is 11.5. The van der Waals surface area contributed by atoms with Crippen LogP contribution in [0.3, 0.4) is 0 Å². The van der Waals surface area contributed by atoms with Crippen LogP contribution in [0.1, 0.15) is 0 Å². The zero-order valence-electron chi connectivity index (χ0n) is 26.8. The topological polar surface area (TPSA) is 43.9 Å². The lowest BCUT2D eigenvalue weighted by molar-refractivity contribution is 0.666. The number of nitrogens with zero attached hydrogens (tertiary/aromatic N) is 3. The number of aromatic nitrogens is 3. The summed E-state index contributed by atoms with van der Waals surface area (Å²) in [5.41, 5.74) is 6.38. The molecule has 0 N–H and O–H groups in total. The van der Waals surface area contributed by atoms with E-state index in [0.717, 1.165) is 38.8 Å². The van der Waals surface area contributed by atoms with Gasteiger partial charge in [0.05, 0.1) is 11.0 Å². The summed E-state index contributed by atoms with van der Waals surface area (Å²) >= 11 is 5.48. The Balaban J connectivity index is 1.26. The summed E-state index contributed by atoms with van der Waals surface area (Å²) in [5.74, 6) is 0.633. The molecule has 238 valence electrons. The Morgan fingerprint density at radius 2 is 1.22 bits per heavy atom. The first-order valence-corrected chi connectivity index (χ1v) is 19.3. The van der Waals surface area contributed by atoms with Crippen molar-refractivity contribution in [3.63, 3.8) is 0 Å². The second-order valence-corrected chi connectivity index (χ2v) is 16.0. The predicted molar refractivity (Wildman–Crippen MR) is 214 cm³/mol. The molecule has 5 heterocycles. The summed E-state index contributed by atoms with van der Waals surface area (Å²) in [6, 6.07) is 49.7. The zero-order valence-corrected chi connectivity index (χ0v) is 29.2. The van der Waals surface area contributed by atoms with E-state index in [4.69, 9.17) is 14.4 Å². The Hall–Kier alpha value is -5.60. The summed E-state index contributed by atoms with van der Waals surface area (Å²) < 4.78 is 11.5. The highest BCUT2D eigenvalue weighted by Gasteiger charge is 2.27. The van der Waals surface area contributed by atoms with Crippen molar-refractivity contribution < 1.29 is 4.42 Å². The molecule has 1 aliphatic heterocycles. The number of hydrogen-bond donors (Lipinski definition) is 0. The van der Waals surface area contributed by atoms with Crippen molar-refractivity contribution in [2.75, 3.05) is 0 Å². The Morgan fingerprint density at radius 3 is 2.10 bits per heavy atom. The number of hydrogen-bond acceptors (Lipinski definition) is 6. The minimum absolute atomic E-state index is 0.633. The lowest BCUT2D eigenvalue weighted by atomic mass is 10.00. The van der Waals surface area contributed by atoms with Gasteiger partial charge >= 0.3 is 0 Å². The second kappa shape index (κ2) is 10.5. The van der Waals surface area contributed by atoms with Crippen LogP contribution in [0, 0.1) is 0 Å². The third-order valence-corrected chi connectivity index (χ3v) is 13.9. The first-order valence-electron chi connectivity index (χ1n) is 16.8. The van der Waals surface area contributed by atoms with E-state index >= 15 is 0 Å². The Bertz CT molecular complexity index is 3280. The van der Waals surface area contributed by atoms with Crippen LogP contribution in [-0.4, -0.2) is 14.5 Å². The van der Waals surface area contributed by atoms with E-state index in [1.54, 1.807) is 11.8 Å². The van der Waals surface area contributed by atoms with Crippen molar-refractivity contribution in [2.24, 2.45) is 0 Å². The number of para-hydroxylation sites is 2. The largest absolute Gasteiger partial charge is 0.452 e. The summed E-state index contributed by atoms with van der Waals surface area (Å²) in [5, 5.41) is 8.38. The van der Waals surface area contributed by atoms with Crippen LogP contribution in [-0.2, 0) is 0 Å². The van der Waals surface area contributed by atoms with Crippen LogP contribution in [0.15, 0.2) is 164 Å². The average molecular weight is 706 g/mol. The molecule has 7 heteroatoms. The second-order valence-electron chi connectivity index (χ2n) is 12.9. The number of furan rings is 1. The van der Waals surface area contributed by atoms with Gasteiger partial charge in [-0.3, -0.25) is 4.57 Å². The molecule has 0 radical (unpaired) electrons. The van der Waals surface area contributed by atoms with Crippen molar-refractivity contribution in [2.45, 2.75) is 19.6 Å². The zero-order chi connectivity index (χ0) is 33.2. The van der Waals surface area contributed by atoms with Crippen LogP contribution in [0.2, 0.25) is 0 Å². The van der Waals surface area contributed by atoms with Gasteiger partial charge in [0.1, 0.15) is 16.8 Å². The fraction of sp³-hybridized carbons (Fsp3) is 0. The first kappa shape index (κ1) is 28.1. The molecular formula is C44H23N3OS3. The average Bonchev–Trinajstić information content (AvgIpc) is 3.87. The third kappa shape index (κ3) is 3.88. The third-order valence-electron chi connectivity index (χ3n) is 10.1. The molecule has 0 saturated carbocycles. The minimum atomic E-state index is 0.633. The molecular weight excluding hydrogens is 683 g/mol. The SMILES string of the molecule is c1ccc2c(c1)Sc1cccc(-c3nc(-n4c5ccccc5c5c6ccccc6c6sc7ccccc7c6c54)nc4c3oc3ccccc34)c1S2. The molecule has 0 aliphatic carbocycles. The molecule has 4 nitrogen and oxygen atoms in total. The molecule has 0 unspecified atom stereocenters. The van der Waals surface area contributed by atoms with Gasteiger partial charge in [-0.05, 0) is 47.9 Å². The minimum Gasteiger partial charge on any atom is -0.452 e. The van der Waals surface area contributed by atoms with Crippen molar-refractivity contribution in [3.8, 4) is 17.2 Å². The van der Waals surface area contributed by atoms with Crippen LogP contribution < -0.4 is 0 Å². The number of fused-ring (bicyclic) bond motifs is 15. The summed E-state index contributed by atoms with van der Waals surface area (Å²) in [6.45, 7) is 0. The Morgan fingerprint density at radius 1 is 0.529 bits per heavy atom. The molecule has 12 rings (SSSR count). The van der Waals surface area contributed by atoms with Crippen molar-refractivity contribution >= 4 is 110 Å². The van der Waals surface area contributed by atoms with Gasteiger partial charge in [-0.15, -0.1) is 11.3 Å². The lowest BCUT2D eigenvalue weighted by Crippen LogP contribution is -2.04. The van der Waals surface area contributed by atoms with Gasteiger partial charge in [0.25, 0.3) is 0 Å². The van der Waals surface area contributed by atoms with E-state index in [1.807, 2.05) is 35.2 Å². The number of thiophene rings is 1. The van der Waals surface area contributed by atoms with Gasteiger partial charge in [-0.1, -0.05) is 121 Å².